The Balaban J connectivity index is 1.36. The highest BCUT2D eigenvalue weighted by Gasteiger charge is 2.71. The zero-order valence-electron chi connectivity index (χ0n) is 14.6. The van der Waals surface area contributed by atoms with Crippen LogP contribution in [0.1, 0.15) is 45.4 Å². The smallest absolute Gasteiger partial charge is 0.333 e. The van der Waals surface area contributed by atoms with Crippen molar-refractivity contribution in [3.63, 3.8) is 0 Å². The van der Waals surface area contributed by atoms with Crippen molar-refractivity contribution in [3.8, 4) is 0 Å². The summed E-state index contributed by atoms with van der Waals surface area (Å²) in [4.78, 5) is 27.6. The van der Waals surface area contributed by atoms with Gasteiger partial charge in [-0.3, -0.25) is 4.79 Å². The van der Waals surface area contributed by atoms with Crippen LogP contribution < -0.4 is 0 Å². The zero-order chi connectivity index (χ0) is 17.1. The minimum Gasteiger partial charge on any atom is -0.454 e. The third-order valence-corrected chi connectivity index (χ3v) is 8.10. The van der Waals surface area contributed by atoms with Crippen LogP contribution in [0.25, 0.3) is 0 Å². The lowest BCUT2D eigenvalue weighted by molar-refractivity contribution is -0.154. The Morgan fingerprint density at radius 2 is 1.96 bits per heavy atom. The Morgan fingerprint density at radius 1 is 1.24 bits per heavy atom. The molecule has 0 spiro atoms. The van der Waals surface area contributed by atoms with E-state index >= 15 is 0 Å². The van der Waals surface area contributed by atoms with E-state index in [0.717, 1.165) is 37.0 Å². The number of nitrogens with zero attached hydrogens (tertiary/aromatic N) is 1. The molecule has 0 aromatic carbocycles. The van der Waals surface area contributed by atoms with Crippen LogP contribution in [-0.2, 0) is 19.1 Å². The number of hydrogen-bond donors (Lipinski definition) is 0. The van der Waals surface area contributed by atoms with Crippen molar-refractivity contribution in [3.05, 3.63) is 12.2 Å². The number of esters is 1. The van der Waals surface area contributed by atoms with Crippen molar-refractivity contribution < 1.29 is 19.1 Å². The van der Waals surface area contributed by atoms with Gasteiger partial charge in [0, 0.05) is 11.1 Å². The second kappa shape index (κ2) is 4.48. The lowest BCUT2D eigenvalue weighted by atomic mass is 9.74. The van der Waals surface area contributed by atoms with Gasteiger partial charge in [0.1, 0.15) is 0 Å². The predicted molar refractivity (Wildman–Crippen MR) is 88.4 cm³/mol. The molecule has 25 heavy (non-hydrogen) atoms. The molecule has 0 aromatic heterocycles. The molecular formula is C20H25NO4. The number of hydrogen-bond acceptors (Lipinski definition) is 4. The Bertz CT molecular complexity index is 682. The first-order valence-corrected chi connectivity index (χ1v) is 9.82. The molecule has 7 rings (SSSR count). The van der Waals surface area contributed by atoms with Crippen LogP contribution in [0, 0.1) is 23.7 Å². The van der Waals surface area contributed by atoms with E-state index in [1.54, 1.807) is 6.92 Å². The van der Waals surface area contributed by atoms with E-state index in [0.29, 0.717) is 12.0 Å². The van der Waals surface area contributed by atoms with Crippen molar-refractivity contribution in [2.24, 2.45) is 23.7 Å². The number of fused-ring (bicyclic) bond motifs is 1. The normalized spacial score (nSPS) is 54.0. The summed E-state index contributed by atoms with van der Waals surface area (Å²) >= 11 is 0. The van der Waals surface area contributed by atoms with Crippen molar-refractivity contribution in [1.29, 1.82) is 0 Å². The maximum atomic E-state index is 13.3. The van der Waals surface area contributed by atoms with E-state index in [9.17, 15) is 9.59 Å². The van der Waals surface area contributed by atoms with Gasteiger partial charge >= 0.3 is 5.97 Å². The minimum absolute atomic E-state index is 0.0125. The summed E-state index contributed by atoms with van der Waals surface area (Å²) < 4.78 is 11.9. The number of amides is 1. The molecule has 7 fully saturated rings. The highest BCUT2D eigenvalue weighted by Crippen LogP contribution is 2.65. The van der Waals surface area contributed by atoms with Crippen molar-refractivity contribution >= 4 is 11.9 Å². The van der Waals surface area contributed by atoms with Gasteiger partial charge in [-0.25, -0.2) is 4.79 Å². The summed E-state index contributed by atoms with van der Waals surface area (Å²) in [5.74, 6) is 2.30. The van der Waals surface area contributed by atoms with Crippen LogP contribution in [0.2, 0.25) is 0 Å². The molecule has 0 aromatic rings. The molecule has 7 unspecified atom stereocenters. The average Bonchev–Trinajstić information content (AvgIpc) is 3.28. The number of ether oxygens (including phenoxy) is 2. The Kier molecular flexibility index (Phi) is 2.65. The second-order valence-electron chi connectivity index (χ2n) is 9.52. The Labute approximate surface area is 147 Å². The molecule has 3 heterocycles. The van der Waals surface area contributed by atoms with E-state index < -0.39 is 0 Å². The molecule has 3 saturated heterocycles. The molecule has 3 aliphatic heterocycles. The SMILES string of the molecule is C=C(C)C(=O)OC1C2CC3C(=O)N(C45CC6CC(C4)C(C6)C5)C1C3O2. The van der Waals surface area contributed by atoms with Crippen LogP contribution in [0.3, 0.4) is 0 Å². The van der Waals surface area contributed by atoms with Gasteiger partial charge in [-0.05, 0) is 63.2 Å². The van der Waals surface area contributed by atoms with E-state index in [1.807, 2.05) is 0 Å². The van der Waals surface area contributed by atoms with Gasteiger partial charge in [0.05, 0.1) is 24.2 Å². The number of carbonyl (C=O) groups is 2. The lowest BCUT2D eigenvalue weighted by Crippen LogP contribution is -2.58. The summed E-state index contributed by atoms with van der Waals surface area (Å²) in [5, 5.41) is 0. The van der Waals surface area contributed by atoms with Crippen LogP contribution in [0.4, 0.5) is 0 Å². The van der Waals surface area contributed by atoms with Crippen LogP contribution in [0.15, 0.2) is 12.2 Å². The van der Waals surface area contributed by atoms with E-state index in [-0.39, 0.29) is 47.7 Å². The van der Waals surface area contributed by atoms with Crippen molar-refractivity contribution in [1.82, 2.24) is 4.90 Å². The van der Waals surface area contributed by atoms with Crippen LogP contribution >= 0.6 is 0 Å². The number of carbonyl (C=O) groups excluding carboxylic acids is 2. The average molecular weight is 343 g/mol. The summed E-state index contributed by atoms with van der Waals surface area (Å²) in [6, 6.07) is -0.0733. The Morgan fingerprint density at radius 3 is 2.60 bits per heavy atom. The maximum absolute atomic E-state index is 13.3. The first-order chi connectivity index (χ1) is 12.0. The molecule has 4 saturated carbocycles. The summed E-state index contributed by atoms with van der Waals surface area (Å²) in [7, 11) is 0. The van der Waals surface area contributed by atoms with Crippen molar-refractivity contribution in [2.45, 2.75) is 75.3 Å². The molecule has 6 bridgehead atoms. The fourth-order valence-corrected chi connectivity index (χ4v) is 7.52. The molecule has 7 atom stereocenters. The molecule has 5 heteroatoms. The van der Waals surface area contributed by atoms with E-state index in [1.165, 1.54) is 12.8 Å². The summed E-state index contributed by atoms with van der Waals surface area (Å²) in [5.41, 5.74) is 0.426. The van der Waals surface area contributed by atoms with Gasteiger partial charge in [-0.2, -0.15) is 0 Å². The summed E-state index contributed by atoms with van der Waals surface area (Å²) in [6.07, 6.45) is 6.37. The monoisotopic (exact) mass is 343 g/mol. The fourth-order valence-electron chi connectivity index (χ4n) is 7.52. The minimum atomic E-state index is -0.356. The molecule has 0 N–H and O–H groups in total. The van der Waals surface area contributed by atoms with Gasteiger partial charge in [0.2, 0.25) is 5.91 Å². The highest BCUT2D eigenvalue weighted by molar-refractivity contribution is 5.88. The number of likely N-dealkylation sites (tertiary alicyclic amines) is 1. The molecule has 5 nitrogen and oxygen atoms in total. The molecular weight excluding hydrogens is 318 g/mol. The fraction of sp³-hybridized carbons (Fsp3) is 0.800. The first-order valence-electron chi connectivity index (χ1n) is 9.82. The van der Waals surface area contributed by atoms with Crippen LogP contribution in [-0.4, -0.2) is 46.7 Å². The van der Waals surface area contributed by atoms with Gasteiger partial charge < -0.3 is 14.4 Å². The summed E-state index contributed by atoms with van der Waals surface area (Å²) in [6.45, 7) is 5.37. The zero-order valence-corrected chi connectivity index (χ0v) is 14.6. The van der Waals surface area contributed by atoms with E-state index in [2.05, 4.69) is 11.5 Å². The van der Waals surface area contributed by atoms with Crippen molar-refractivity contribution in [2.75, 3.05) is 0 Å². The topological polar surface area (TPSA) is 55.8 Å². The molecule has 0 radical (unpaired) electrons. The van der Waals surface area contributed by atoms with Crippen LogP contribution in [0.5, 0.6) is 0 Å². The van der Waals surface area contributed by atoms with E-state index in [4.69, 9.17) is 9.47 Å². The van der Waals surface area contributed by atoms with Gasteiger partial charge in [0.15, 0.2) is 6.10 Å². The third-order valence-electron chi connectivity index (χ3n) is 8.10. The maximum Gasteiger partial charge on any atom is 0.333 e. The lowest BCUT2D eigenvalue weighted by Gasteiger charge is -2.48. The highest BCUT2D eigenvalue weighted by atomic mass is 16.6. The number of rotatable bonds is 3. The second-order valence-corrected chi connectivity index (χ2v) is 9.52. The molecule has 1 amide bonds. The third kappa shape index (κ3) is 1.69. The molecule has 134 valence electrons. The largest absolute Gasteiger partial charge is 0.454 e. The predicted octanol–water partition coefficient (Wildman–Crippen LogP) is 2.05. The molecule has 7 aliphatic rings. The quantitative estimate of drug-likeness (QED) is 0.581. The standard InChI is InChI=1S/C20H25NO4/c1-9(2)19(23)25-17-14-5-13-16(24-14)15(17)21(18(13)22)20-6-10-3-11(7-20)12(4-10)8-20/h10-17H,1,3-8H2,2H3. The van der Waals surface area contributed by atoms with Gasteiger partial charge in [-0.15, -0.1) is 0 Å². The first kappa shape index (κ1) is 14.8. The Hall–Kier alpha value is -1.36. The molecule has 4 aliphatic carbocycles. The van der Waals surface area contributed by atoms with Gasteiger partial charge in [0.25, 0.3) is 0 Å². The van der Waals surface area contributed by atoms with Gasteiger partial charge in [-0.1, -0.05) is 6.58 Å².